The van der Waals surface area contributed by atoms with Crippen molar-refractivity contribution in [3.05, 3.63) is 35.0 Å². The molecule has 0 amide bonds. The first kappa shape index (κ1) is 18.3. The second-order valence-corrected chi connectivity index (χ2v) is 8.03. The maximum atomic E-state index is 13.4. The summed E-state index contributed by atoms with van der Waals surface area (Å²) < 4.78 is 65.1. The number of hydrogen-bond donors (Lipinski definition) is 0. The summed E-state index contributed by atoms with van der Waals surface area (Å²) in [5.74, 6) is -0.157. The highest BCUT2D eigenvalue weighted by atomic mass is 32.2. The number of nitriles is 1. The predicted molar refractivity (Wildman–Crippen MR) is 85.4 cm³/mol. The highest BCUT2D eigenvalue weighted by molar-refractivity contribution is 7.90. The summed E-state index contributed by atoms with van der Waals surface area (Å²) in [6.07, 6.45) is -3.10. The van der Waals surface area contributed by atoms with Crippen LogP contribution in [-0.4, -0.2) is 25.0 Å². The molecule has 0 aliphatic heterocycles. The molecule has 1 unspecified atom stereocenters. The van der Waals surface area contributed by atoms with Gasteiger partial charge in [0.25, 0.3) is 0 Å². The van der Waals surface area contributed by atoms with Crippen LogP contribution in [0.4, 0.5) is 13.2 Å². The number of sulfone groups is 1. The molecule has 0 saturated heterocycles. The van der Waals surface area contributed by atoms with Gasteiger partial charge in [0.05, 0.1) is 22.9 Å². The topological polar surface area (TPSA) is 62.9 Å². The van der Waals surface area contributed by atoms with E-state index in [1.165, 1.54) is 12.1 Å². The average Bonchev–Trinajstić information content (AvgIpc) is 2.77. The number of benzene rings is 1. The Balaban J connectivity index is 2.80. The van der Waals surface area contributed by atoms with E-state index < -0.39 is 33.2 Å². The van der Waals surface area contributed by atoms with Gasteiger partial charge in [-0.25, -0.2) is 8.42 Å². The fourth-order valence-electron chi connectivity index (χ4n) is 3.04. The van der Waals surface area contributed by atoms with Crippen molar-refractivity contribution in [3.63, 3.8) is 0 Å². The largest absolute Gasteiger partial charge is 0.418 e. The Kier molecular flexibility index (Phi) is 4.68. The van der Waals surface area contributed by atoms with Crippen LogP contribution in [0.15, 0.2) is 18.2 Å². The Morgan fingerprint density at radius 2 is 1.96 bits per heavy atom. The molecular formula is C16H17F3N2O2S. The number of aryl methyl sites for hydroxylation is 1. The molecule has 130 valence electrons. The van der Waals surface area contributed by atoms with Crippen molar-refractivity contribution in [3.8, 4) is 6.07 Å². The van der Waals surface area contributed by atoms with Crippen molar-refractivity contribution in [2.75, 3.05) is 12.0 Å². The van der Waals surface area contributed by atoms with E-state index in [1.807, 2.05) is 0 Å². The summed E-state index contributed by atoms with van der Waals surface area (Å²) in [7, 11) is -3.29. The number of alkyl halides is 3. The Bertz CT molecular complexity index is 921. The van der Waals surface area contributed by atoms with E-state index in [4.69, 9.17) is 5.26 Å². The summed E-state index contributed by atoms with van der Waals surface area (Å²) in [4.78, 5) is 0. The van der Waals surface area contributed by atoms with E-state index in [9.17, 15) is 21.6 Å². The van der Waals surface area contributed by atoms with Crippen LogP contribution in [0.1, 0.15) is 36.2 Å². The molecule has 1 aromatic carbocycles. The van der Waals surface area contributed by atoms with E-state index in [0.29, 0.717) is 12.1 Å². The lowest BCUT2D eigenvalue weighted by molar-refractivity contribution is -0.136. The molecule has 8 heteroatoms. The van der Waals surface area contributed by atoms with Crippen molar-refractivity contribution in [1.82, 2.24) is 4.57 Å². The predicted octanol–water partition coefficient (Wildman–Crippen LogP) is 3.84. The molecule has 0 aliphatic rings. The van der Waals surface area contributed by atoms with Crippen LogP contribution in [0.3, 0.4) is 0 Å². The minimum absolute atomic E-state index is 0.0778. The number of rotatable bonds is 4. The van der Waals surface area contributed by atoms with Crippen molar-refractivity contribution in [2.24, 2.45) is 0 Å². The molecule has 24 heavy (non-hydrogen) atoms. The molecular weight excluding hydrogens is 341 g/mol. The Morgan fingerprint density at radius 3 is 2.42 bits per heavy atom. The van der Waals surface area contributed by atoms with Gasteiger partial charge in [-0.1, -0.05) is 6.92 Å². The molecule has 0 fully saturated rings. The second-order valence-electron chi connectivity index (χ2n) is 5.84. The number of aromatic nitrogens is 1. The smallest absolute Gasteiger partial charge is 0.341 e. The molecule has 0 spiro atoms. The van der Waals surface area contributed by atoms with E-state index in [1.54, 1.807) is 24.5 Å². The van der Waals surface area contributed by atoms with E-state index >= 15 is 0 Å². The number of nitrogens with zero attached hydrogens (tertiary/aromatic N) is 2. The van der Waals surface area contributed by atoms with E-state index in [0.717, 1.165) is 12.3 Å². The maximum absolute atomic E-state index is 13.4. The van der Waals surface area contributed by atoms with E-state index in [2.05, 4.69) is 0 Å². The zero-order valence-corrected chi connectivity index (χ0v) is 14.3. The lowest BCUT2D eigenvalue weighted by atomic mass is 10.0. The fraction of sp³-hybridized carbons (Fsp3) is 0.438. The quantitative estimate of drug-likeness (QED) is 0.834. The molecule has 1 aromatic heterocycles. The Hall–Kier alpha value is -2.01. The summed E-state index contributed by atoms with van der Waals surface area (Å²) >= 11 is 0. The van der Waals surface area contributed by atoms with Gasteiger partial charge in [0.2, 0.25) is 0 Å². The SMILES string of the molecule is CCC(CS(C)(=O)=O)n1c(C)cc2c(C(F)(F)F)c(C#N)ccc21. The maximum Gasteiger partial charge on any atom is 0.418 e. The van der Waals surface area contributed by atoms with Gasteiger partial charge in [0.15, 0.2) is 0 Å². The third-order valence-corrected chi connectivity index (χ3v) is 4.94. The minimum Gasteiger partial charge on any atom is -0.341 e. The lowest BCUT2D eigenvalue weighted by Crippen LogP contribution is -2.19. The molecule has 4 nitrogen and oxygen atoms in total. The first-order chi connectivity index (χ1) is 11.0. The number of halogens is 3. The molecule has 0 aliphatic carbocycles. The second kappa shape index (κ2) is 6.13. The van der Waals surface area contributed by atoms with Gasteiger partial charge in [0, 0.05) is 28.9 Å². The van der Waals surface area contributed by atoms with E-state index in [-0.39, 0.29) is 16.7 Å². The Morgan fingerprint density at radius 1 is 1.33 bits per heavy atom. The Labute approximate surface area is 138 Å². The van der Waals surface area contributed by atoms with Gasteiger partial charge in [-0.2, -0.15) is 18.4 Å². The van der Waals surface area contributed by atoms with Gasteiger partial charge < -0.3 is 4.57 Å². The first-order valence-corrected chi connectivity index (χ1v) is 9.35. The molecule has 1 atom stereocenters. The summed E-state index contributed by atoms with van der Waals surface area (Å²) in [6.45, 7) is 3.42. The van der Waals surface area contributed by atoms with Crippen LogP contribution in [0.2, 0.25) is 0 Å². The van der Waals surface area contributed by atoms with Crippen LogP contribution < -0.4 is 0 Å². The molecule has 2 aromatic rings. The monoisotopic (exact) mass is 358 g/mol. The molecule has 2 rings (SSSR count). The highest BCUT2D eigenvalue weighted by Gasteiger charge is 2.37. The lowest BCUT2D eigenvalue weighted by Gasteiger charge is -2.20. The van der Waals surface area contributed by atoms with Gasteiger partial charge in [0.1, 0.15) is 9.84 Å². The average molecular weight is 358 g/mol. The van der Waals surface area contributed by atoms with Gasteiger partial charge in [-0.3, -0.25) is 0 Å². The number of fused-ring (bicyclic) bond motifs is 1. The van der Waals surface area contributed by atoms with Crippen LogP contribution >= 0.6 is 0 Å². The molecule has 0 radical (unpaired) electrons. The van der Waals surface area contributed by atoms with Crippen molar-refractivity contribution in [1.29, 1.82) is 5.26 Å². The fourth-order valence-corrected chi connectivity index (χ4v) is 4.12. The summed E-state index contributed by atoms with van der Waals surface area (Å²) in [6, 6.07) is 5.06. The number of hydrogen-bond acceptors (Lipinski definition) is 3. The molecule has 0 N–H and O–H groups in total. The van der Waals surface area contributed by atoms with Crippen molar-refractivity contribution < 1.29 is 21.6 Å². The van der Waals surface area contributed by atoms with Gasteiger partial charge in [-0.15, -0.1) is 0 Å². The molecule has 0 saturated carbocycles. The van der Waals surface area contributed by atoms with Crippen LogP contribution in [0.25, 0.3) is 10.9 Å². The van der Waals surface area contributed by atoms with Crippen LogP contribution in [0, 0.1) is 18.3 Å². The minimum atomic E-state index is -4.66. The van der Waals surface area contributed by atoms with Crippen LogP contribution in [0.5, 0.6) is 0 Å². The van der Waals surface area contributed by atoms with Crippen molar-refractivity contribution >= 4 is 20.7 Å². The van der Waals surface area contributed by atoms with Crippen molar-refractivity contribution in [2.45, 2.75) is 32.5 Å². The zero-order chi connectivity index (χ0) is 18.3. The zero-order valence-electron chi connectivity index (χ0n) is 13.5. The standard InChI is InChI=1S/C16H17F3N2O2S/c1-4-12(9-24(3,22)23)21-10(2)7-13-14(21)6-5-11(8-20)15(13)16(17,18)19/h5-7,12H,4,9H2,1-3H3. The summed E-state index contributed by atoms with van der Waals surface area (Å²) in [5.41, 5.74) is -0.600. The molecule has 0 bridgehead atoms. The third-order valence-electron chi connectivity index (χ3n) is 3.95. The van der Waals surface area contributed by atoms with Crippen LogP contribution in [-0.2, 0) is 16.0 Å². The van der Waals surface area contributed by atoms with Gasteiger partial charge in [-0.05, 0) is 31.5 Å². The normalized spacial score (nSPS) is 13.9. The molecule has 1 heterocycles. The van der Waals surface area contributed by atoms with Gasteiger partial charge >= 0.3 is 6.18 Å². The summed E-state index contributed by atoms with van der Waals surface area (Å²) in [5, 5.41) is 8.91. The first-order valence-electron chi connectivity index (χ1n) is 7.29. The third kappa shape index (κ3) is 3.41. The highest BCUT2D eigenvalue weighted by Crippen LogP contribution is 2.39.